The maximum atomic E-state index is 13.9. The molecule has 96 valence electrons. The van der Waals surface area contributed by atoms with Crippen molar-refractivity contribution in [2.45, 2.75) is 26.7 Å². The van der Waals surface area contributed by atoms with E-state index in [9.17, 15) is 4.39 Å². The first-order valence-corrected chi connectivity index (χ1v) is 6.38. The third-order valence-electron chi connectivity index (χ3n) is 2.77. The number of halogens is 3. The van der Waals surface area contributed by atoms with Gasteiger partial charge in [-0.2, -0.15) is 5.10 Å². The fourth-order valence-electron chi connectivity index (χ4n) is 2.01. The highest BCUT2D eigenvalue weighted by atomic mass is 35.5. The molecular formula is C13H13Cl2FN2. The fraction of sp³-hybridized carbons (Fsp3) is 0.308. The van der Waals surface area contributed by atoms with Crippen LogP contribution in [0.15, 0.2) is 18.2 Å². The summed E-state index contributed by atoms with van der Waals surface area (Å²) in [5.74, 6) is -0.223. The molecule has 0 amide bonds. The maximum absolute atomic E-state index is 13.9. The standard InChI is InChI=1S/C13H13Cl2FN2/c1-7(2)11-8(3)17-18(13(11)15)12-9(14)5-4-6-10(12)16/h4-7H,1-3H3. The first-order valence-electron chi connectivity index (χ1n) is 5.63. The van der Waals surface area contributed by atoms with Gasteiger partial charge in [-0.15, -0.1) is 0 Å². The van der Waals surface area contributed by atoms with Crippen LogP contribution in [0.3, 0.4) is 0 Å². The molecule has 2 rings (SSSR count). The summed E-state index contributed by atoms with van der Waals surface area (Å²) >= 11 is 12.3. The minimum absolute atomic E-state index is 0.194. The molecule has 0 saturated carbocycles. The summed E-state index contributed by atoms with van der Waals surface area (Å²) in [7, 11) is 0. The molecule has 0 atom stereocenters. The average molecular weight is 287 g/mol. The monoisotopic (exact) mass is 286 g/mol. The first-order chi connectivity index (χ1) is 8.43. The molecule has 2 aromatic rings. The van der Waals surface area contributed by atoms with Gasteiger partial charge in [-0.25, -0.2) is 9.07 Å². The van der Waals surface area contributed by atoms with Crippen LogP contribution in [0, 0.1) is 12.7 Å². The molecule has 0 spiro atoms. The molecule has 0 unspecified atom stereocenters. The summed E-state index contributed by atoms with van der Waals surface area (Å²) in [5, 5.41) is 4.98. The summed E-state index contributed by atoms with van der Waals surface area (Å²) in [6.45, 7) is 5.89. The summed E-state index contributed by atoms with van der Waals surface area (Å²) in [6.07, 6.45) is 0. The van der Waals surface area contributed by atoms with Crippen molar-refractivity contribution >= 4 is 23.2 Å². The van der Waals surface area contributed by atoms with Crippen molar-refractivity contribution in [3.05, 3.63) is 45.4 Å². The van der Waals surface area contributed by atoms with Gasteiger partial charge in [-0.3, -0.25) is 0 Å². The van der Waals surface area contributed by atoms with Crippen LogP contribution in [0.1, 0.15) is 31.0 Å². The van der Waals surface area contributed by atoms with Crippen molar-refractivity contribution in [3.63, 3.8) is 0 Å². The second kappa shape index (κ2) is 4.90. The van der Waals surface area contributed by atoms with E-state index in [2.05, 4.69) is 5.10 Å². The Bertz CT molecular complexity index is 571. The van der Waals surface area contributed by atoms with Gasteiger partial charge in [-0.05, 0) is 25.0 Å². The Morgan fingerprint density at radius 2 is 1.94 bits per heavy atom. The van der Waals surface area contributed by atoms with Gasteiger partial charge < -0.3 is 0 Å². The van der Waals surface area contributed by atoms with E-state index in [1.807, 2.05) is 20.8 Å². The highest BCUT2D eigenvalue weighted by Gasteiger charge is 2.20. The fourth-order valence-corrected chi connectivity index (χ4v) is 2.73. The summed E-state index contributed by atoms with van der Waals surface area (Å²) in [6, 6.07) is 4.50. The molecule has 0 fully saturated rings. The topological polar surface area (TPSA) is 17.8 Å². The van der Waals surface area contributed by atoms with Gasteiger partial charge in [0.2, 0.25) is 0 Å². The van der Waals surface area contributed by atoms with Crippen molar-refractivity contribution in [2.75, 3.05) is 0 Å². The van der Waals surface area contributed by atoms with E-state index < -0.39 is 5.82 Å². The molecule has 0 radical (unpaired) electrons. The lowest BCUT2D eigenvalue weighted by Gasteiger charge is -2.08. The van der Waals surface area contributed by atoms with E-state index in [4.69, 9.17) is 23.2 Å². The van der Waals surface area contributed by atoms with Crippen molar-refractivity contribution in [3.8, 4) is 5.69 Å². The number of aromatic nitrogens is 2. The van der Waals surface area contributed by atoms with Crippen LogP contribution in [0.4, 0.5) is 4.39 Å². The van der Waals surface area contributed by atoms with Gasteiger partial charge in [-0.1, -0.05) is 43.1 Å². The number of benzene rings is 1. The number of hydrogen-bond donors (Lipinski definition) is 0. The minimum atomic E-state index is -0.442. The minimum Gasteiger partial charge on any atom is -0.217 e. The van der Waals surface area contributed by atoms with Gasteiger partial charge in [0.1, 0.15) is 16.7 Å². The molecule has 2 nitrogen and oxygen atoms in total. The van der Waals surface area contributed by atoms with Crippen LogP contribution in [0.25, 0.3) is 5.69 Å². The molecule has 0 aliphatic heterocycles. The molecule has 0 N–H and O–H groups in total. The molecule has 0 aliphatic carbocycles. The van der Waals surface area contributed by atoms with Gasteiger partial charge in [0.25, 0.3) is 0 Å². The summed E-state index contributed by atoms with van der Waals surface area (Å²) < 4.78 is 15.2. The third-order valence-corrected chi connectivity index (χ3v) is 3.44. The second-order valence-electron chi connectivity index (χ2n) is 4.43. The van der Waals surface area contributed by atoms with Gasteiger partial charge in [0.15, 0.2) is 0 Å². The highest BCUT2D eigenvalue weighted by molar-refractivity contribution is 6.33. The number of aryl methyl sites for hydroxylation is 1. The van der Waals surface area contributed by atoms with Crippen LogP contribution in [-0.4, -0.2) is 9.78 Å². The quantitative estimate of drug-likeness (QED) is 0.779. The van der Waals surface area contributed by atoms with Crippen molar-refractivity contribution in [1.29, 1.82) is 0 Å². The number of para-hydroxylation sites is 1. The Kier molecular flexibility index (Phi) is 3.64. The molecule has 1 aromatic heterocycles. The largest absolute Gasteiger partial charge is 0.217 e. The lowest BCUT2D eigenvalue weighted by atomic mass is 10.1. The van der Waals surface area contributed by atoms with Crippen LogP contribution in [0.2, 0.25) is 10.2 Å². The maximum Gasteiger partial charge on any atom is 0.150 e. The van der Waals surface area contributed by atoms with Gasteiger partial charge >= 0.3 is 0 Å². The molecule has 0 aliphatic rings. The van der Waals surface area contributed by atoms with E-state index in [0.717, 1.165) is 11.3 Å². The highest BCUT2D eigenvalue weighted by Crippen LogP contribution is 2.32. The molecule has 0 saturated heterocycles. The zero-order valence-corrected chi connectivity index (χ0v) is 11.8. The van der Waals surface area contributed by atoms with Crippen molar-refractivity contribution in [2.24, 2.45) is 0 Å². The molecule has 0 bridgehead atoms. The normalized spacial score (nSPS) is 11.3. The smallest absolute Gasteiger partial charge is 0.150 e. The molecule has 5 heteroatoms. The molecule has 1 aromatic carbocycles. The SMILES string of the molecule is Cc1nn(-c2c(F)cccc2Cl)c(Cl)c1C(C)C. The Labute approximate surface area is 115 Å². The Hall–Kier alpha value is -1.06. The number of nitrogens with zero attached hydrogens (tertiary/aromatic N) is 2. The van der Waals surface area contributed by atoms with E-state index in [1.165, 1.54) is 10.7 Å². The van der Waals surface area contributed by atoms with Crippen LogP contribution < -0.4 is 0 Å². The lowest BCUT2D eigenvalue weighted by Crippen LogP contribution is -2.01. The third kappa shape index (κ3) is 2.13. The van der Waals surface area contributed by atoms with Crippen molar-refractivity contribution in [1.82, 2.24) is 9.78 Å². The van der Waals surface area contributed by atoms with Gasteiger partial charge in [0.05, 0.1) is 10.7 Å². The Morgan fingerprint density at radius 1 is 1.28 bits per heavy atom. The number of rotatable bonds is 2. The predicted octanol–water partition coefficient (Wildman–Crippen LogP) is 4.75. The Morgan fingerprint density at radius 3 is 2.44 bits per heavy atom. The van der Waals surface area contributed by atoms with E-state index >= 15 is 0 Å². The second-order valence-corrected chi connectivity index (χ2v) is 5.19. The first kappa shape index (κ1) is 13.4. The van der Waals surface area contributed by atoms with Crippen LogP contribution >= 0.6 is 23.2 Å². The summed E-state index contributed by atoms with van der Waals surface area (Å²) in [5.41, 5.74) is 1.89. The zero-order valence-electron chi connectivity index (χ0n) is 10.3. The number of hydrogen-bond acceptors (Lipinski definition) is 1. The predicted molar refractivity (Wildman–Crippen MR) is 72.4 cm³/mol. The van der Waals surface area contributed by atoms with Gasteiger partial charge in [0, 0.05) is 5.56 Å². The van der Waals surface area contributed by atoms with E-state index in [1.54, 1.807) is 12.1 Å². The average Bonchev–Trinajstić information content (AvgIpc) is 2.54. The lowest BCUT2D eigenvalue weighted by molar-refractivity contribution is 0.610. The van der Waals surface area contributed by atoms with E-state index in [-0.39, 0.29) is 16.6 Å². The zero-order chi connectivity index (χ0) is 13.4. The van der Waals surface area contributed by atoms with Crippen LogP contribution in [0.5, 0.6) is 0 Å². The van der Waals surface area contributed by atoms with Crippen molar-refractivity contribution < 1.29 is 4.39 Å². The molecule has 18 heavy (non-hydrogen) atoms. The van der Waals surface area contributed by atoms with Crippen LogP contribution in [-0.2, 0) is 0 Å². The Balaban J connectivity index is 2.70. The summed E-state index contributed by atoms with van der Waals surface area (Å²) in [4.78, 5) is 0. The molecular weight excluding hydrogens is 274 g/mol. The molecule has 1 heterocycles. The van der Waals surface area contributed by atoms with E-state index in [0.29, 0.717) is 5.15 Å².